The number of nitrogens with one attached hydrogen (secondary N) is 1. The molecule has 0 atom stereocenters. The molecule has 0 spiro atoms. The van der Waals surface area contributed by atoms with Gasteiger partial charge in [0.1, 0.15) is 13.3 Å². The highest BCUT2D eigenvalue weighted by Gasteiger charge is 2.03. The highest BCUT2D eigenvalue weighted by Crippen LogP contribution is 2.21. The van der Waals surface area contributed by atoms with Gasteiger partial charge in [-0.15, -0.1) is 0 Å². The molecule has 3 rings (SSSR count). The van der Waals surface area contributed by atoms with Crippen LogP contribution in [0.3, 0.4) is 0 Å². The first kappa shape index (κ1) is 16.5. The second kappa shape index (κ2) is 7.49. The standard InChI is InChI=1S/C20H21N5/c1-24-14-4-3-5-20(24)15-22-25(2)19-12-10-18(11-13-19)23-17-8-6-16(21)7-9-17/h3-15,21-22H,1-2H3/p+1. The van der Waals surface area contributed by atoms with E-state index in [1.54, 1.807) is 0 Å². The molecule has 1 heterocycles. The number of hydrazone groups is 1. The molecule has 25 heavy (non-hydrogen) atoms. The zero-order valence-corrected chi connectivity index (χ0v) is 14.4. The maximum absolute atomic E-state index is 5.70. The molecule has 0 aliphatic rings. The van der Waals surface area contributed by atoms with E-state index in [0.717, 1.165) is 28.4 Å². The molecule has 0 bridgehead atoms. The molecule has 5 nitrogen and oxygen atoms in total. The van der Waals surface area contributed by atoms with Crippen LogP contribution in [0.4, 0.5) is 22.7 Å². The summed E-state index contributed by atoms with van der Waals surface area (Å²) in [5.41, 5.74) is 10.5. The van der Waals surface area contributed by atoms with Crippen molar-refractivity contribution in [2.24, 2.45) is 12.1 Å². The highest BCUT2D eigenvalue weighted by atomic mass is 15.4. The molecule has 1 aromatic heterocycles. The number of nitrogen functional groups attached to an aromatic ring is 1. The van der Waals surface area contributed by atoms with Gasteiger partial charge in [0, 0.05) is 36.2 Å². The fourth-order valence-corrected chi connectivity index (χ4v) is 2.38. The van der Waals surface area contributed by atoms with Gasteiger partial charge >= 0.3 is 0 Å². The Morgan fingerprint density at radius 1 is 0.960 bits per heavy atom. The summed E-state index contributed by atoms with van der Waals surface area (Å²) in [6.07, 6.45) is 3.85. The van der Waals surface area contributed by atoms with Gasteiger partial charge in [0.25, 0.3) is 0 Å². The van der Waals surface area contributed by atoms with Crippen molar-refractivity contribution in [3.05, 3.63) is 78.6 Å². The minimum atomic E-state index is 0.757. The predicted molar refractivity (Wildman–Crippen MR) is 104 cm³/mol. The number of pyridine rings is 1. The maximum Gasteiger partial charge on any atom is 0.225 e. The van der Waals surface area contributed by atoms with Crippen molar-refractivity contribution in [3.8, 4) is 0 Å². The Morgan fingerprint density at radius 2 is 1.60 bits per heavy atom. The summed E-state index contributed by atoms with van der Waals surface area (Å²) < 4.78 is 2.02. The van der Waals surface area contributed by atoms with Gasteiger partial charge in [-0.3, -0.25) is 5.01 Å². The van der Waals surface area contributed by atoms with Crippen molar-refractivity contribution in [1.82, 2.24) is 0 Å². The van der Waals surface area contributed by atoms with Gasteiger partial charge in [-0.25, -0.2) is 4.57 Å². The van der Waals surface area contributed by atoms with Crippen LogP contribution in [0.5, 0.6) is 0 Å². The average molecular weight is 332 g/mol. The number of aromatic nitrogens is 1. The van der Waals surface area contributed by atoms with E-state index in [1.165, 1.54) is 0 Å². The smallest absolute Gasteiger partial charge is 0.225 e. The number of benzene rings is 2. The van der Waals surface area contributed by atoms with E-state index in [0.29, 0.717) is 0 Å². The van der Waals surface area contributed by atoms with Crippen LogP contribution in [-0.2, 0) is 7.05 Å². The molecular formula is C20H22N5+. The Morgan fingerprint density at radius 3 is 2.24 bits per heavy atom. The Kier molecular flexibility index (Phi) is 4.95. The average Bonchev–Trinajstić information content (AvgIpc) is 2.63. The summed E-state index contributed by atoms with van der Waals surface area (Å²) in [5, 5.41) is 9.70. The van der Waals surface area contributed by atoms with Gasteiger partial charge in [-0.05, 0) is 54.6 Å². The molecule has 0 fully saturated rings. The maximum atomic E-state index is 5.70. The van der Waals surface area contributed by atoms with E-state index >= 15 is 0 Å². The number of anilines is 4. The molecule has 2 aromatic carbocycles. The molecule has 0 unspecified atom stereocenters. The van der Waals surface area contributed by atoms with E-state index in [4.69, 9.17) is 5.73 Å². The van der Waals surface area contributed by atoms with Crippen molar-refractivity contribution in [3.63, 3.8) is 0 Å². The summed E-state index contributed by atoms with van der Waals surface area (Å²) in [6, 6.07) is 21.8. The van der Waals surface area contributed by atoms with Crippen molar-refractivity contribution < 1.29 is 4.57 Å². The number of rotatable bonds is 5. The first-order valence-electron chi connectivity index (χ1n) is 8.07. The molecule has 0 amide bonds. The second-order valence-electron chi connectivity index (χ2n) is 5.80. The van der Waals surface area contributed by atoms with Crippen LogP contribution in [0.2, 0.25) is 0 Å². The monoisotopic (exact) mass is 332 g/mol. The molecule has 0 saturated carbocycles. The molecule has 3 N–H and O–H groups in total. The molecule has 0 aliphatic heterocycles. The Balaban J connectivity index is 1.67. The molecule has 0 saturated heterocycles. The Bertz CT molecular complexity index is 854. The molecule has 0 radical (unpaired) electrons. The highest BCUT2D eigenvalue weighted by molar-refractivity contribution is 5.76. The lowest BCUT2D eigenvalue weighted by Crippen LogP contribution is -2.32. The lowest BCUT2D eigenvalue weighted by Gasteiger charge is -2.13. The van der Waals surface area contributed by atoms with E-state index in [2.05, 4.69) is 10.4 Å². The van der Waals surface area contributed by atoms with Crippen LogP contribution >= 0.6 is 0 Å². The van der Waals surface area contributed by atoms with Gasteiger partial charge in [0.05, 0.1) is 5.69 Å². The largest absolute Gasteiger partial charge is 0.399 e. The molecule has 3 aromatic rings. The van der Waals surface area contributed by atoms with Crippen molar-refractivity contribution >= 4 is 29.0 Å². The van der Waals surface area contributed by atoms with E-state index in [1.807, 2.05) is 103 Å². The Hall–Kier alpha value is -3.34. The van der Waals surface area contributed by atoms with E-state index in [-0.39, 0.29) is 0 Å². The van der Waals surface area contributed by atoms with Gasteiger partial charge in [-0.2, -0.15) is 5.10 Å². The van der Waals surface area contributed by atoms with Crippen LogP contribution in [0.1, 0.15) is 5.69 Å². The van der Waals surface area contributed by atoms with Gasteiger partial charge in [0.15, 0.2) is 6.20 Å². The zero-order valence-electron chi connectivity index (χ0n) is 14.4. The number of nitrogens with zero attached hydrogens (tertiary/aromatic N) is 3. The van der Waals surface area contributed by atoms with E-state index < -0.39 is 0 Å². The predicted octanol–water partition coefficient (Wildman–Crippen LogP) is 3.31. The lowest BCUT2D eigenvalue weighted by molar-refractivity contribution is -0.672. The molecule has 5 heteroatoms. The number of aryl methyl sites for hydroxylation is 1. The summed E-state index contributed by atoms with van der Waals surface area (Å²) >= 11 is 0. The lowest BCUT2D eigenvalue weighted by atomic mass is 10.2. The van der Waals surface area contributed by atoms with Crippen molar-refractivity contribution in [1.29, 1.82) is 0 Å². The van der Waals surface area contributed by atoms with Crippen LogP contribution in [0.15, 0.2) is 78.0 Å². The summed E-state index contributed by atoms with van der Waals surface area (Å²) in [4.78, 5) is 0. The van der Waals surface area contributed by atoms with Crippen molar-refractivity contribution in [2.75, 3.05) is 23.1 Å². The summed E-state index contributed by atoms with van der Waals surface area (Å²) in [6.45, 7) is 0. The quantitative estimate of drug-likeness (QED) is 0.326. The van der Waals surface area contributed by atoms with E-state index in [9.17, 15) is 0 Å². The zero-order chi connectivity index (χ0) is 17.6. The molecular weight excluding hydrogens is 310 g/mol. The molecule has 0 aliphatic carbocycles. The SMILES string of the molecule is CN(/N=C/c1cccc[n+]1C)c1ccc(Nc2ccc(N)cc2)cc1. The third-order valence-corrected chi connectivity index (χ3v) is 3.90. The second-order valence-corrected chi connectivity index (χ2v) is 5.80. The Labute approximate surface area is 148 Å². The van der Waals surface area contributed by atoms with Crippen molar-refractivity contribution in [2.45, 2.75) is 0 Å². The van der Waals surface area contributed by atoms with Crippen LogP contribution in [0.25, 0.3) is 0 Å². The first-order chi connectivity index (χ1) is 12.1. The molecule has 126 valence electrons. The number of hydrogen-bond donors (Lipinski definition) is 2. The fourth-order valence-electron chi connectivity index (χ4n) is 2.38. The minimum absolute atomic E-state index is 0.757. The number of nitrogens with two attached hydrogens (primary N) is 1. The minimum Gasteiger partial charge on any atom is -0.399 e. The first-order valence-corrected chi connectivity index (χ1v) is 8.07. The number of hydrogen-bond acceptors (Lipinski definition) is 4. The van der Waals surface area contributed by atoms with Gasteiger partial charge in [0.2, 0.25) is 5.69 Å². The van der Waals surface area contributed by atoms with Gasteiger partial charge in [-0.1, -0.05) is 0 Å². The summed E-state index contributed by atoms with van der Waals surface area (Å²) in [5.74, 6) is 0. The topological polar surface area (TPSA) is 57.5 Å². The van der Waals surface area contributed by atoms with Crippen LogP contribution in [-0.4, -0.2) is 13.3 Å². The fraction of sp³-hybridized carbons (Fsp3) is 0.100. The normalized spacial score (nSPS) is 10.8. The summed E-state index contributed by atoms with van der Waals surface area (Å²) in [7, 11) is 3.93. The van der Waals surface area contributed by atoms with Gasteiger partial charge < -0.3 is 11.1 Å². The third kappa shape index (κ3) is 4.35. The van der Waals surface area contributed by atoms with Crippen LogP contribution < -0.4 is 20.6 Å². The van der Waals surface area contributed by atoms with Crippen LogP contribution in [0, 0.1) is 0 Å². The third-order valence-electron chi connectivity index (χ3n) is 3.90.